The summed E-state index contributed by atoms with van der Waals surface area (Å²) in [6.07, 6.45) is 0. The zero-order valence-electron chi connectivity index (χ0n) is 10.4. The summed E-state index contributed by atoms with van der Waals surface area (Å²) in [6, 6.07) is 11.9. The highest BCUT2D eigenvalue weighted by molar-refractivity contribution is 6.01. The van der Waals surface area contributed by atoms with E-state index >= 15 is 0 Å². The summed E-state index contributed by atoms with van der Waals surface area (Å²) in [5, 5.41) is 19.0. The number of benzene rings is 2. The van der Waals surface area contributed by atoms with Gasteiger partial charge in [-0.05, 0) is 24.3 Å². The highest BCUT2D eigenvalue weighted by atomic mass is 16.5. The molecule has 0 aliphatic heterocycles. The Hall–Kier alpha value is -2.82. The van der Waals surface area contributed by atoms with E-state index in [2.05, 4.69) is 0 Å². The van der Waals surface area contributed by atoms with Crippen LogP contribution >= 0.6 is 0 Å². The number of esters is 1. The maximum atomic E-state index is 11.8. The van der Waals surface area contributed by atoms with E-state index in [4.69, 9.17) is 4.74 Å². The fraction of sp³-hybridized carbons (Fsp3) is 0.0667. The van der Waals surface area contributed by atoms with Gasteiger partial charge >= 0.3 is 5.97 Å². The first-order chi connectivity index (χ1) is 9.59. The molecule has 0 saturated carbocycles. The average Bonchev–Trinajstić information content (AvgIpc) is 2.45. The predicted octanol–water partition coefficient (Wildman–Crippen LogP) is 2.14. The van der Waals surface area contributed by atoms with Gasteiger partial charge in [0.1, 0.15) is 17.1 Å². The maximum absolute atomic E-state index is 11.8. The molecule has 2 N–H and O–H groups in total. The van der Waals surface area contributed by atoms with Crippen molar-refractivity contribution in [2.75, 3.05) is 6.61 Å². The third-order valence-electron chi connectivity index (χ3n) is 2.66. The summed E-state index contributed by atoms with van der Waals surface area (Å²) in [7, 11) is 0. The molecule has 0 aromatic heterocycles. The number of rotatable bonds is 4. The zero-order chi connectivity index (χ0) is 14.5. The molecule has 2 aromatic rings. The molecule has 0 radical (unpaired) electrons. The molecule has 0 aliphatic carbocycles. The number of ketones is 1. The van der Waals surface area contributed by atoms with Crippen LogP contribution in [0.4, 0.5) is 0 Å². The summed E-state index contributed by atoms with van der Waals surface area (Å²) in [6.45, 7) is -0.509. The minimum absolute atomic E-state index is 0.0161. The second-order valence-corrected chi connectivity index (χ2v) is 4.03. The van der Waals surface area contributed by atoms with Crippen molar-refractivity contribution in [1.82, 2.24) is 0 Å². The molecule has 2 aromatic carbocycles. The van der Waals surface area contributed by atoms with Gasteiger partial charge in [-0.1, -0.05) is 24.3 Å². The number of carbonyl (C=O) groups is 2. The number of para-hydroxylation sites is 2. The van der Waals surface area contributed by atoms with E-state index in [1.165, 1.54) is 24.3 Å². The fourth-order valence-electron chi connectivity index (χ4n) is 1.64. The van der Waals surface area contributed by atoms with Gasteiger partial charge in [0, 0.05) is 0 Å². The smallest absolute Gasteiger partial charge is 0.342 e. The number of hydrogen-bond acceptors (Lipinski definition) is 5. The molecule has 0 saturated heterocycles. The molecule has 5 nitrogen and oxygen atoms in total. The van der Waals surface area contributed by atoms with E-state index in [9.17, 15) is 19.8 Å². The third-order valence-corrected chi connectivity index (χ3v) is 2.66. The van der Waals surface area contributed by atoms with E-state index in [0.29, 0.717) is 0 Å². The lowest BCUT2D eigenvalue weighted by molar-refractivity contribution is 0.0471. The van der Waals surface area contributed by atoms with Crippen molar-refractivity contribution in [3.05, 3.63) is 59.7 Å². The van der Waals surface area contributed by atoms with E-state index in [0.717, 1.165) is 0 Å². The molecule has 0 unspecified atom stereocenters. The van der Waals surface area contributed by atoms with Gasteiger partial charge in [0.05, 0.1) is 5.56 Å². The lowest BCUT2D eigenvalue weighted by Gasteiger charge is -2.06. The molecule has 0 aliphatic rings. The van der Waals surface area contributed by atoms with Crippen LogP contribution in [-0.2, 0) is 4.74 Å². The van der Waals surface area contributed by atoms with Crippen LogP contribution < -0.4 is 0 Å². The molecule has 5 heteroatoms. The van der Waals surface area contributed by atoms with Gasteiger partial charge in [-0.2, -0.15) is 0 Å². The van der Waals surface area contributed by atoms with Gasteiger partial charge in [0.25, 0.3) is 0 Å². The largest absolute Gasteiger partial charge is 0.507 e. The van der Waals surface area contributed by atoms with E-state index < -0.39 is 18.4 Å². The first-order valence-corrected chi connectivity index (χ1v) is 5.86. The number of phenols is 2. The van der Waals surface area contributed by atoms with Gasteiger partial charge in [-0.15, -0.1) is 0 Å². The second kappa shape index (κ2) is 5.88. The Kier molecular flexibility index (Phi) is 4.00. The number of carbonyl (C=O) groups excluding carboxylic acids is 2. The lowest BCUT2D eigenvalue weighted by atomic mass is 10.1. The van der Waals surface area contributed by atoms with Crippen molar-refractivity contribution in [2.24, 2.45) is 0 Å². The Morgan fingerprint density at radius 1 is 0.850 bits per heavy atom. The lowest BCUT2D eigenvalue weighted by Crippen LogP contribution is -2.14. The van der Waals surface area contributed by atoms with Gasteiger partial charge in [-0.25, -0.2) is 4.79 Å². The molecule has 0 fully saturated rings. The Morgan fingerprint density at radius 2 is 1.35 bits per heavy atom. The van der Waals surface area contributed by atoms with Crippen LogP contribution in [-0.4, -0.2) is 28.6 Å². The minimum Gasteiger partial charge on any atom is -0.507 e. The van der Waals surface area contributed by atoms with Crippen LogP contribution in [0.5, 0.6) is 11.5 Å². The molecular formula is C15H12O5. The maximum Gasteiger partial charge on any atom is 0.342 e. The molecular weight excluding hydrogens is 260 g/mol. The van der Waals surface area contributed by atoms with Crippen molar-refractivity contribution in [3.63, 3.8) is 0 Å². The molecule has 0 spiro atoms. The summed E-state index contributed by atoms with van der Waals surface area (Å²) >= 11 is 0. The quantitative estimate of drug-likeness (QED) is 0.658. The summed E-state index contributed by atoms with van der Waals surface area (Å²) in [4.78, 5) is 23.5. The third kappa shape index (κ3) is 2.95. The number of hydrogen-bond donors (Lipinski definition) is 2. The highest BCUT2D eigenvalue weighted by Crippen LogP contribution is 2.18. The minimum atomic E-state index is -0.799. The molecule has 20 heavy (non-hydrogen) atoms. The van der Waals surface area contributed by atoms with Crippen molar-refractivity contribution >= 4 is 11.8 Å². The highest BCUT2D eigenvalue weighted by Gasteiger charge is 2.16. The van der Waals surface area contributed by atoms with Crippen molar-refractivity contribution in [1.29, 1.82) is 0 Å². The van der Waals surface area contributed by atoms with Crippen LogP contribution in [0.15, 0.2) is 48.5 Å². The Bertz CT molecular complexity index is 591. The van der Waals surface area contributed by atoms with Crippen molar-refractivity contribution < 1.29 is 24.5 Å². The number of ether oxygens (including phenoxy) is 1. The van der Waals surface area contributed by atoms with Crippen molar-refractivity contribution in [2.45, 2.75) is 0 Å². The monoisotopic (exact) mass is 272 g/mol. The average molecular weight is 272 g/mol. The van der Waals surface area contributed by atoms with E-state index in [-0.39, 0.29) is 22.6 Å². The fourth-order valence-corrected chi connectivity index (χ4v) is 1.64. The van der Waals surface area contributed by atoms with Crippen LogP contribution in [0, 0.1) is 0 Å². The molecule has 0 amide bonds. The molecule has 2 rings (SSSR count). The van der Waals surface area contributed by atoms with E-state index in [1.807, 2.05) is 0 Å². The predicted molar refractivity (Wildman–Crippen MR) is 70.8 cm³/mol. The standard InChI is InChI=1S/C15H12O5/c16-12-7-3-1-5-10(12)14(18)9-20-15(19)11-6-2-4-8-13(11)17/h1-8,16-17H,9H2. The number of Topliss-reactive ketones (excluding diaryl/α,β-unsaturated/α-hetero) is 1. The Balaban J connectivity index is 2.03. The van der Waals surface area contributed by atoms with Crippen LogP contribution in [0.2, 0.25) is 0 Å². The molecule has 0 atom stereocenters. The van der Waals surface area contributed by atoms with Gasteiger partial charge in [-0.3, -0.25) is 4.79 Å². The van der Waals surface area contributed by atoms with Crippen LogP contribution in [0.25, 0.3) is 0 Å². The van der Waals surface area contributed by atoms with Gasteiger partial charge < -0.3 is 14.9 Å². The Morgan fingerprint density at radius 3 is 1.90 bits per heavy atom. The summed E-state index contributed by atoms with van der Waals surface area (Å²) < 4.78 is 4.82. The normalized spacial score (nSPS) is 10.0. The molecule has 0 bridgehead atoms. The first kappa shape index (κ1) is 13.6. The molecule has 102 valence electrons. The SMILES string of the molecule is O=C(COC(=O)c1ccccc1O)c1ccccc1O. The Labute approximate surface area is 115 Å². The molecule has 0 heterocycles. The number of aromatic hydroxyl groups is 2. The van der Waals surface area contributed by atoms with Gasteiger partial charge in [0.15, 0.2) is 6.61 Å². The zero-order valence-corrected chi connectivity index (χ0v) is 10.4. The van der Waals surface area contributed by atoms with Crippen LogP contribution in [0.3, 0.4) is 0 Å². The second-order valence-electron chi connectivity index (χ2n) is 4.03. The van der Waals surface area contributed by atoms with Crippen LogP contribution in [0.1, 0.15) is 20.7 Å². The van der Waals surface area contributed by atoms with Crippen molar-refractivity contribution in [3.8, 4) is 11.5 Å². The topological polar surface area (TPSA) is 83.8 Å². The first-order valence-electron chi connectivity index (χ1n) is 5.86. The van der Waals surface area contributed by atoms with Gasteiger partial charge in [0.2, 0.25) is 5.78 Å². The summed E-state index contributed by atoms with van der Waals surface area (Å²) in [5.74, 6) is -1.71. The number of phenolic OH excluding ortho intramolecular Hbond substituents is 2. The summed E-state index contributed by atoms with van der Waals surface area (Å²) in [5.41, 5.74) is 0.0650. The van der Waals surface area contributed by atoms with E-state index in [1.54, 1.807) is 24.3 Å².